The number of hydrogen-bond acceptors (Lipinski definition) is 12. The lowest BCUT2D eigenvalue weighted by atomic mass is 9.94. The molecule has 0 aliphatic carbocycles. The van der Waals surface area contributed by atoms with Gasteiger partial charge in [0.2, 0.25) is 0 Å². The van der Waals surface area contributed by atoms with Crippen molar-refractivity contribution in [2.45, 2.75) is 39.3 Å². The van der Waals surface area contributed by atoms with Crippen molar-refractivity contribution in [3.8, 4) is 11.3 Å². The first-order valence-electron chi connectivity index (χ1n) is 15.0. The molecule has 5 rings (SSSR count). The number of hydrogen-bond donors (Lipinski definition) is 5. The van der Waals surface area contributed by atoms with E-state index in [2.05, 4.69) is 20.7 Å². The summed E-state index contributed by atoms with van der Waals surface area (Å²) in [5, 5.41) is 36.8. The minimum absolute atomic E-state index is 0.0595. The molecule has 0 spiro atoms. The van der Waals surface area contributed by atoms with E-state index in [9.17, 15) is 29.7 Å². The van der Waals surface area contributed by atoms with Crippen LogP contribution in [0.4, 0.5) is 17.2 Å². The molecule has 2 amide bonds. The van der Waals surface area contributed by atoms with E-state index < -0.39 is 24.0 Å². The van der Waals surface area contributed by atoms with Gasteiger partial charge in [0.1, 0.15) is 5.69 Å². The standard InChI is InChI=1S/C33H35N7O8S/c1-6-26(38(4)25-12-10-21(11-13-25)30-20(3)47-39(5)49-48-30)28-23(18-41)16-19(2)34-29(28)32(43)35-24-9-7-8-22(17-24)31(42)36-27-14-15-40(37-27)33(44,45)46/h7-18,26,44-46H,6H2,1-5H3,(H,35,43)(H,36,37,42). The second kappa shape index (κ2) is 14.3. The van der Waals surface area contributed by atoms with Gasteiger partial charge >= 0.3 is 6.10 Å². The Morgan fingerprint density at radius 2 is 1.80 bits per heavy atom. The Morgan fingerprint density at radius 1 is 1.06 bits per heavy atom. The molecular weight excluding hydrogens is 654 g/mol. The van der Waals surface area contributed by atoms with Crippen molar-refractivity contribution in [2.24, 2.45) is 7.05 Å². The van der Waals surface area contributed by atoms with Crippen molar-refractivity contribution in [1.82, 2.24) is 18.9 Å². The van der Waals surface area contributed by atoms with Crippen molar-refractivity contribution in [3.63, 3.8) is 0 Å². The van der Waals surface area contributed by atoms with E-state index in [1.807, 2.05) is 50.1 Å². The first-order valence-corrected chi connectivity index (χ1v) is 15.7. The topological polar surface area (TPSA) is 201 Å². The van der Waals surface area contributed by atoms with Crippen LogP contribution in [0, 0.1) is 13.8 Å². The van der Waals surface area contributed by atoms with Gasteiger partial charge in [0.05, 0.1) is 13.1 Å². The summed E-state index contributed by atoms with van der Waals surface area (Å²) in [5.41, 5.74) is 3.40. The number of pyridine rings is 1. The summed E-state index contributed by atoms with van der Waals surface area (Å²) in [5.74, 6) is -0.0292. The maximum atomic E-state index is 13.8. The lowest BCUT2D eigenvalue weighted by Gasteiger charge is -2.31. The quantitative estimate of drug-likeness (QED) is 0.0949. The Balaban J connectivity index is 1.40. The van der Waals surface area contributed by atoms with Crippen molar-refractivity contribution >= 4 is 47.1 Å². The van der Waals surface area contributed by atoms with Crippen LogP contribution in [-0.2, 0) is 13.1 Å². The minimum Gasteiger partial charge on any atom is -0.380 e. The smallest absolute Gasteiger partial charge is 0.380 e. The summed E-state index contributed by atoms with van der Waals surface area (Å²) in [6, 6.07) is 16.2. The molecule has 3 heterocycles. The molecule has 256 valence electrons. The third kappa shape index (κ3) is 7.79. The Hall–Kier alpha value is -5.55. The van der Waals surface area contributed by atoms with E-state index in [1.54, 1.807) is 32.2 Å². The number of carbonyl (C=O) groups excluding carboxylic acids is 3. The van der Waals surface area contributed by atoms with Crippen molar-refractivity contribution < 1.29 is 38.1 Å². The molecule has 0 bridgehead atoms. The zero-order valence-corrected chi connectivity index (χ0v) is 28.1. The highest BCUT2D eigenvalue weighted by Crippen LogP contribution is 2.34. The molecule has 1 atom stereocenters. The van der Waals surface area contributed by atoms with Crippen molar-refractivity contribution in [2.75, 3.05) is 22.6 Å². The number of nitrogens with one attached hydrogen (secondary N) is 2. The van der Waals surface area contributed by atoms with E-state index in [4.69, 9.17) is 8.37 Å². The fourth-order valence-corrected chi connectivity index (χ4v) is 5.89. The highest BCUT2D eigenvalue weighted by molar-refractivity contribution is 6.96. The molecule has 15 nitrogen and oxygen atoms in total. The van der Waals surface area contributed by atoms with Gasteiger partial charge in [-0.15, -0.1) is 9.23 Å². The molecule has 0 fully saturated rings. The van der Waals surface area contributed by atoms with Gasteiger partial charge in [0.25, 0.3) is 11.8 Å². The Kier molecular flexibility index (Phi) is 10.1. The van der Waals surface area contributed by atoms with Crippen LogP contribution in [0.15, 0.2) is 75.2 Å². The fourth-order valence-electron chi connectivity index (χ4n) is 5.35. The average Bonchev–Trinajstić information content (AvgIpc) is 3.55. The second-order valence-corrected chi connectivity index (χ2v) is 12.0. The Bertz CT molecular complexity index is 2030. The summed E-state index contributed by atoms with van der Waals surface area (Å²) in [4.78, 5) is 45.7. The molecule has 5 N–H and O–H groups in total. The van der Waals surface area contributed by atoms with Gasteiger partial charge < -0.3 is 39.2 Å². The van der Waals surface area contributed by atoms with Crippen LogP contribution in [0.2, 0.25) is 0 Å². The van der Waals surface area contributed by atoms with Gasteiger partial charge in [-0.3, -0.25) is 14.4 Å². The third-order valence-electron chi connectivity index (χ3n) is 7.62. The number of amides is 2. The van der Waals surface area contributed by atoms with Crippen LogP contribution in [0.25, 0.3) is 11.3 Å². The first-order chi connectivity index (χ1) is 23.3. The first kappa shape index (κ1) is 34.8. The van der Waals surface area contributed by atoms with Crippen molar-refractivity contribution in [1.29, 1.82) is 0 Å². The molecule has 5 aromatic rings. The summed E-state index contributed by atoms with van der Waals surface area (Å²) in [7, 11) is 3.62. The lowest BCUT2D eigenvalue weighted by molar-refractivity contribution is -0.380. The molecule has 16 heteroatoms. The van der Waals surface area contributed by atoms with Crippen LogP contribution in [0.5, 0.6) is 0 Å². The van der Waals surface area contributed by atoms with Crippen LogP contribution in [-0.4, -0.2) is 59.4 Å². The van der Waals surface area contributed by atoms with E-state index in [0.717, 1.165) is 29.3 Å². The lowest BCUT2D eigenvalue weighted by Crippen LogP contribution is -2.32. The molecular formula is C33H35N7O8S. The average molecular weight is 690 g/mol. The number of benzene rings is 2. The SMILES string of the molecule is CCC(c1c(C=O)cc(C)nc1C(=O)Nc1cccc(C(=O)Nc2ccn(C(O)(O)O)n2)c1)N(C)c1ccc(-c2osn(C)oc2C)cc1. The van der Waals surface area contributed by atoms with Gasteiger partial charge in [0, 0.05) is 65.6 Å². The van der Waals surface area contributed by atoms with E-state index in [0.29, 0.717) is 45.7 Å². The number of aliphatic hydroxyl groups is 3. The Labute approximate surface area is 284 Å². The van der Waals surface area contributed by atoms with Gasteiger partial charge in [-0.25, -0.2) is 4.98 Å². The second-order valence-electron chi connectivity index (χ2n) is 11.1. The summed E-state index contributed by atoms with van der Waals surface area (Å²) in [6.07, 6.45) is -0.931. The minimum atomic E-state index is -3.23. The zero-order valence-electron chi connectivity index (χ0n) is 27.2. The van der Waals surface area contributed by atoms with E-state index in [-0.39, 0.29) is 22.8 Å². The molecule has 49 heavy (non-hydrogen) atoms. The van der Waals surface area contributed by atoms with Gasteiger partial charge in [0.15, 0.2) is 35.5 Å². The number of aromatic nitrogens is 4. The summed E-state index contributed by atoms with van der Waals surface area (Å²) >= 11 is 1.07. The van der Waals surface area contributed by atoms with Crippen molar-refractivity contribution in [3.05, 3.63) is 101 Å². The van der Waals surface area contributed by atoms with Gasteiger partial charge in [-0.1, -0.05) is 13.0 Å². The number of carbonyl (C=O) groups is 3. The number of aldehydes is 1. The van der Waals surface area contributed by atoms with E-state index >= 15 is 0 Å². The van der Waals surface area contributed by atoms with Gasteiger partial charge in [-0.05, 0) is 61.9 Å². The molecule has 0 aliphatic rings. The molecule has 2 aromatic carbocycles. The van der Waals surface area contributed by atoms with E-state index in [1.165, 1.54) is 22.3 Å². The monoisotopic (exact) mass is 689 g/mol. The summed E-state index contributed by atoms with van der Waals surface area (Å²) < 4.78 is 13.3. The van der Waals surface area contributed by atoms with Crippen LogP contribution >= 0.6 is 11.8 Å². The predicted molar refractivity (Wildman–Crippen MR) is 181 cm³/mol. The molecule has 3 aromatic heterocycles. The normalized spacial score (nSPS) is 11.9. The molecule has 1 unspecified atom stereocenters. The molecule has 0 saturated carbocycles. The highest BCUT2D eigenvalue weighted by atomic mass is 32.1. The molecule has 0 aliphatic heterocycles. The zero-order chi connectivity index (χ0) is 35.5. The highest BCUT2D eigenvalue weighted by Gasteiger charge is 2.28. The maximum Gasteiger partial charge on any atom is 0.389 e. The van der Waals surface area contributed by atoms with Crippen LogP contribution in [0.1, 0.15) is 67.6 Å². The predicted octanol–water partition coefficient (Wildman–Crippen LogP) is 4.72. The fraction of sp³-hybridized carbons (Fsp3) is 0.242. The molecule has 0 saturated heterocycles. The number of rotatable bonds is 11. The number of anilines is 3. The van der Waals surface area contributed by atoms with Gasteiger partial charge in [-0.2, -0.15) is 4.68 Å². The van der Waals surface area contributed by atoms with Crippen LogP contribution < -0.4 is 15.5 Å². The maximum absolute atomic E-state index is 13.8. The Morgan fingerprint density at radius 3 is 2.43 bits per heavy atom. The number of aryl methyl sites for hydroxylation is 3. The van der Waals surface area contributed by atoms with Crippen LogP contribution in [0.3, 0.4) is 0 Å². The summed E-state index contributed by atoms with van der Waals surface area (Å²) in [6.45, 7) is 5.46. The third-order valence-corrected chi connectivity index (χ3v) is 8.14. The molecule has 0 radical (unpaired) electrons. The number of nitrogens with zero attached hydrogens (tertiary/aromatic N) is 5. The largest absolute Gasteiger partial charge is 0.389 e.